The number of carbonyl (C=O) groups excluding carboxylic acids is 3. The van der Waals surface area contributed by atoms with Crippen LogP contribution in [0, 0.1) is 0 Å². The summed E-state index contributed by atoms with van der Waals surface area (Å²) in [5.41, 5.74) is -0.298. The summed E-state index contributed by atoms with van der Waals surface area (Å²) in [5, 5.41) is 5.64. The van der Waals surface area contributed by atoms with Gasteiger partial charge in [-0.1, -0.05) is 38.8 Å². The second kappa shape index (κ2) is 9.47. The van der Waals surface area contributed by atoms with Crippen LogP contribution in [0.25, 0.3) is 0 Å². The van der Waals surface area contributed by atoms with Crippen molar-refractivity contribution in [2.24, 2.45) is 0 Å². The standard InChI is InChI=1S/C22H32N4O4/c1-4-25(5-2)14-15-30-18-11-7-6-10-17(18)23-19(27)16(3)26-20(28)22(24-21(26)29)12-8-9-13-22/h6-7,10-11,16H,4-5,8-9,12-15H2,1-3H3,(H,23,27)(H,24,29). The van der Waals surface area contributed by atoms with Crippen LogP contribution in [0.15, 0.2) is 24.3 Å². The number of likely N-dealkylation sites (N-methyl/N-ethyl adjacent to an activating group) is 1. The normalized spacial score (nSPS) is 18.7. The lowest BCUT2D eigenvalue weighted by Gasteiger charge is -2.24. The summed E-state index contributed by atoms with van der Waals surface area (Å²) in [6.45, 7) is 8.96. The zero-order valence-electron chi connectivity index (χ0n) is 18.1. The summed E-state index contributed by atoms with van der Waals surface area (Å²) in [4.78, 5) is 41.5. The monoisotopic (exact) mass is 416 g/mol. The van der Waals surface area contributed by atoms with Crippen LogP contribution in [0.3, 0.4) is 0 Å². The molecule has 1 spiro atoms. The Labute approximate surface area is 177 Å². The van der Waals surface area contributed by atoms with Gasteiger partial charge in [0.25, 0.3) is 5.91 Å². The number of rotatable bonds is 9. The van der Waals surface area contributed by atoms with Crippen molar-refractivity contribution in [2.75, 3.05) is 31.6 Å². The highest BCUT2D eigenvalue weighted by Gasteiger charge is 2.54. The summed E-state index contributed by atoms with van der Waals surface area (Å²) >= 11 is 0. The van der Waals surface area contributed by atoms with E-state index in [0.29, 0.717) is 30.9 Å². The Kier molecular flexibility index (Phi) is 6.97. The fourth-order valence-corrected chi connectivity index (χ4v) is 4.19. The number of nitrogens with one attached hydrogen (secondary N) is 2. The first-order chi connectivity index (χ1) is 14.4. The molecule has 0 radical (unpaired) electrons. The maximum Gasteiger partial charge on any atom is 0.325 e. The van der Waals surface area contributed by atoms with Crippen molar-refractivity contribution in [3.8, 4) is 5.75 Å². The van der Waals surface area contributed by atoms with Gasteiger partial charge in [-0.05, 0) is 45.0 Å². The number of anilines is 1. The average molecular weight is 417 g/mol. The number of ether oxygens (including phenoxy) is 1. The van der Waals surface area contributed by atoms with Gasteiger partial charge in [0.2, 0.25) is 5.91 Å². The number of urea groups is 1. The molecule has 30 heavy (non-hydrogen) atoms. The predicted octanol–water partition coefficient (Wildman–Crippen LogP) is 2.60. The quantitative estimate of drug-likeness (QED) is 0.604. The van der Waals surface area contributed by atoms with Crippen LogP contribution in [0.1, 0.15) is 46.5 Å². The number of hydrogen-bond donors (Lipinski definition) is 2. The van der Waals surface area contributed by atoms with Crippen LogP contribution >= 0.6 is 0 Å². The zero-order chi connectivity index (χ0) is 21.7. The summed E-state index contributed by atoms with van der Waals surface area (Å²) in [5.74, 6) is -0.153. The third-order valence-electron chi connectivity index (χ3n) is 6.12. The second-order valence-electron chi connectivity index (χ2n) is 7.93. The Balaban J connectivity index is 1.64. The smallest absolute Gasteiger partial charge is 0.325 e. The van der Waals surface area contributed by atoms with Gasteiger partial charge < -0.3 is 20.3 Å². The van der Waals surface area contributed by atoms with Crippen LogP contribution in [-0.4, -0.2) is 65.5 Å². The number of imide groups is 1. The predicted molar refractivity (Wildman–Crippen MR) is 114 cm³/mol. The molecule has 2 N–H and O–H groups in total. The minimum absolute atomic E-state index is 0.295. The van der Waals surface area contributed by atoms with Crippen LogP contribution < -0.4 is 15.4 Å². The third kappa shape index (κ3) is 4.43. The van der Waals surface area contributed by atoms with E-state index >= 15 is 0 Å². The maximum atomic E-state index is 12.9. The summed E-state index contributed by atoms with van der Waals surface area (Å²) in [6.07, 6.45) is 3.06. The second-order valence-corrected chi connectivity index (χ2v) is 7.93. The minimum Gasteiger partial charge on any atom is -0.490 e. The van der Waals surface area contributed by atoms with E-state index in [-0.39, 0.29) is 5.91 Å². The lowest BCUT2D eigenvalue weighted by molar-refractivity contribution is -0.136. The van der Waals surface area contributed by atoms with Crippen molar-refractivity contribution in [3.63, 3.8) is 0 Å². The van der Waals surface area contributed by atoms with Crippen molar-refractivity contribution < 1.29 is 19.1 Å². The van der Waals surface area contributed by atoms with Gasteiger partial charge in [0.1, 0.15) is 23.9 Å². The molecule has 0 aromatic heterocycles. The van der Waals surface area contributed by atoms with Gasteiger partial charge in [-0.2, -0.15) is 0 Å². The lowest BCUT2D eigenvalue weighted by atomic mass is 9.97. The molecule has 1 aliphatic carbocycles. The molecule has 3 rings (SSSR count). The van der Waals surface area contributed by atoms with E-state index in [1.54, 1.807) is 25.1 Å². The Hall–Kier alpha value is -2.61. The molecule has 4 amide bonds. The first-order valence-corrected chi connectivity index (χ1v) is 10.8. The molecule has 8 nitrogen and oxygen atoms in total. The van der Waals surface area contributed by atoms with Crippen LogP contribution in [0.5, 0.6) is 5.75 Å². The first kappa shape index (κ1) is 22.1. The topological polar surface area (TPSA) is 91.0 Å². The molecule has 1 saturated heterocycles. The molecule has 1 aromatic carbocycles. The number of benzene rings is 1. The molecule has 1 saturated carbocycles. The van der Waals surface area contributed by atoms with Gasteiger partial charge in [-0.15, -0.1) is 0 Å². The van der Waals surface area contributed by atoms with E-state index in [2.05, 4.69) is 29.4 Å². The molecule has 2 aliphatic rings. The molecular formula is C22H32N4O4. The van der Waals surface area contributed by atoms with E-state index in [1.807, 2.05) is 6.07 Å². The minimum atomic E-state index is -0.916. The number of hydrogen-bond acceptors (Lipinski definition) is 5. The van der Waals surface area contributed by atoms with Crippen LogP contribution in [0.4, 0.5) is 10.5 Å². The Bertz CT molecular complexity index is 787. The van der Waals surface area contributed by atoms with E-state index in [4.69, 9.17) is 4.74 Å². The fraction of sp³-hybridized carbons (Fsp3) is 0.591. The first-order valence-electron chi connectivity index (χ1n) is 10.8. The molecule has 1 atom stereocenters. The number of carbonyl (C=O) groups is 3. The van der Waals surface area contributed by atoms with E-state index in [0.717, 1.165) is 37.4 Å². The fourth-order valence-electron chi connectivity index (χ4n) is 4.19. The van der Waals surface area contributed by atoms with Crippen LogP contribution in [0.2, 0.25) is 0 Å². The van der Waals surface area contributed by atoms with Gasteiger partial charge in [-0.3, -0.25) is 9.59 Å². The lowest BCUT2D eigenvalue weighted by Crippen LogP contribution is -2.48. The molecule has 0 bridgehead atoms. The molecule has 2 fully saturated rings. The van der Waals surface area contributed by atoms with Crippen LogP contribution in [-0.2, 0) is 9.59 Å². The van der Waals surface area contributed by atoms with E-state index in [1.165, 1.54) is 0 Å². The molecule has 1 heterocycles. The van der Waals surface area contributed by atoms with Crippen molar-refractivity contribution in [2.45, 2.75) is 58.0 Å². The highest BCUT2D eigenvalue weighted by Crippen LogP contribution is 2.36. The number of nitrogens with zero attached hydrogens (tertiary/aromatic N) is 2. The van der Waals surface area contributed by atoms with Gasteiger partial charge in [0, 0.05) is 6.54 Å². The molecule has 1 aliphatic heterocycles. The van der Waals surface area contributed by atoms with E-state index < -0.39 is 23.5 Å². The molecular weight excluding hydrogens is 384 g/mol. The summed E-state index contributed by atoms with van der Waals surface area (Å²) < 4.78 is 5.88. The van der Waals surface area contributed by atoms with E-state index in [9.17, 15) is 14.4 Å². The zero-order valence-corrected chi connectivity index (χ0v) is 18.1. The Morgan fingerprint density at radius 3 is 2.57 bits per heavy atom. The SMILES string of the molecule is CCN(CC)CCOc1ccccc1NC(=O)C(C)N1C(=O)NC2(CCCC2)C1=O. The van der Waals surface area contributed by atoms with Crippen molar-refractivity contribution >= 4 is 23.5 Å². The number of amides is 4. The van der Waals surface area contributed by atoms with Crippen molar-refractivity contribution in [1.82, 2.24) is 15.1 Å². The average Bonchev–Trinajstić information content (AvgIpc) is 3.30. The van der Waals surface area contributed by atoms with Gasteiger partial charge in [0.15, 0.2) is 0 Å². The van der Waals surface area contributed by atoms with Gasteiger partial charge in [-0.25, -0.2) is 9.69 Å². The third-order valence-corrected chi connectivity index (χ3v) is 6.12. The highest BCUT2D eigenvalue weighted by atomic mass is 16.5. The highest BCUT2D eigenvalue weighted by molar-refractivity contribution is 6.11. The molecule has 164 valence electrons. The van der Waals surface area contributed by atoms with Crippen molar-refractivity contribution in [1.29, 1.82) is 0 Å². The summed E-state index contributed by atoms with van der Waals surface area (Å²) in [6, 6.07) is 5.78. The maximum absolute atomic E-state index is 12.9. The van der Waals surface area contributed by atoms with Gasteiger partial charge >= 0.3 is 6.03 Å². The Morgan fingerprint density at radius 1 is 1.23 bits per heavy atom. The summed E-state index contributed by atoms with van der Waals surface area (Å²) in [7, 11) is 0. The van der Waals surface area contributed by atoms with Crippen molar-refractivity contribution in [3.05, 3.63) is 24.3 Å². The molecule has 1 unspecified atom stereocenters. The largest absolute Gasteiger partial charge is 0.490 e. The van der Waals surface area contributed by atoms with Gasteiger partial charge in [0.05, 0.1) is 5.69 Å². The number of para-hydroxylation sites is 2. The molecule has 8 heteroatoms. The molecule has 1 aromatic rings. The Morgan fingerprint density at radius 2 is 1.90 bits per heavy atom.